The SMILES string of the molecule is N#Cc1ccc(Nc2nc(Oc3ccnc4ccc(Br)cc34)nc(N3CCN(c4cccc(Cl)c4)CC3)n2)cc1. The molecule has 0 aliphatic carbocycles. The molecule has 1 fully saturated rings. The van der Waals surface area contributed by atoms with Crippen LogP contribution in [0.1, 0.15) is 5.56 Å². The Labute approximate surface area is 244 Å². The molecule has 0 saturated carbocycles. The fraction of sp³-hybridized carbons (Fsp3) is 0.138. The minimum atomic E-state index is 0.158. The van der Waals surface area contributed by atoms with Gasteiger partial charge in [-0.05, 0) is 66.7 Å². The van der Waals surface area contributed by atoms with E-state index in [2.05, 4.69) is 58.1 Å². The number of nitrogens with one attached hydrogen (secondary N) is 1. The van der Waals surface area contributed by atoms with Crippen LogP contribution in [-0.4, -0.2) is 46.1 Å². The topological polar surface area (TPSA) is 103 Å². The van der Waals surface area contributed by atoms with Crippen LogP contribution in [-0.2, 0) is 0 Å². The number of nitrogens with zero attached hydrogens (tertiary/aromatic N) is 7. The summed E-state index contributed by atoms with van der Waals surface area (Å²) in [5, 5.41) is 13.9. The monoisotopic (exact) mass is 612 g/mol. The number of fused-ring (bicyclic) bond motifs is 1. The van der Waals surface area contributed by atoms with E-state index in [1.807, 2.05) is 36.4 Å². The Morgan fingerprint density at radius 3 is 2.48 bits per heavy atom. The van der Waals surface area contributed by atoms with Gasteiger partial charge in [-0.25, -0.2) is 0 Å². The third-order valence-electron chi connectivity index (χ3n) is 6.47. The molecule has 3 heterocycles. The number of anilines is 4. The average molecular weight is 614 g/mol. The molecule has 1 saturated heterocycles. The Bertz CT molecular complexity index is 1720. The van der Waals surface area contributed by atoms with E-state index in [-0.39, 0.29) is 6.01 Å². The van der Waals surface area contributed by atoms with E-state index < -0.39 is 0 Å². The van der Waals surface area contributed by atoms with Gasteiger partial charge in [0, 0.05) is 58.6 Å². The van der Waals surface area contributed by atoms with Gasteiger partial charge in [0.1, 0.15) is 5.75 Å². The van der Waals surface area contributed by atoms with Crippen molar-refractivity contribution in [3.8, 4) is 17.8 Å². The van der Waals surface area contributed by atoms with E-state index >= 15 is 0 Å². The van der Waals surface area contributed by atoms with Crippen molar-refractivity contribution in [2.75, 3.05) is 41.3 Å². The Hall–Kier alpha value is -4.46. The van der Waals surface area contributed by atoms with E-state index in [9.17, 15) is 0 Å². The zero-order valence-corrected chi connectivity index (χ0v) is 23.5. The Balaban J connectivity index is 1.30. The molecule has 1 N–H and O–H groups in total. The van der Waals surface area contributed by atoms with Crippen molar-refractivity contribution in [1.29, 1.82) is 5.26 Å². The number of nitriles is 1. The fourth-order valence-corrected chi connectivity index (χ4v) is 5.01. The third kappa shape index (κ3) is 5.76. The smallest absolute Gasteiger partial charge is 0.328 e. The third-order valence-corrected chi connectivity index (χ3v) is 7.20. The van der Waals surface area contributed by atoms with E-state index in [0.717, 1.165) is 39.8 Å². The molecule has 0 unspecified atom stereocenters. The molecule has 9 nitrogen and oxygen atoms in total. The lowest BCUT2D eigenvalue weighted by atomic mass is 10.2. The van der Waals surface area contributed by atoms with Gasteiger partial charge < -0.3 is 19.9 Å². The van der Waals surface area contributed by atoms with Crippen molar-refractivity contribution in [1.82, 2.24) is 19.9 Å². The lowest BCUT2D eigenvalue weighted by Gasteiger charge is -2.36. The minimum Gasteiger partial charge on any atom is -0.423 e. The first-order chi connectivity index (χ1) is 19.5. The first kappa shape index (κ1) is 25.8. The Morgan fingerprint density at radius 1 is 0.900 bits per heavy atom. The Morgan fingerprint density at radius 2 is 1.70 bits per heavy atom. The molecule has 0 bridgehead atoms. The number of rotatable bonds is 6. The van der Waals surface area contributed by atoms with E-state index in [1.54, 1.807) is 36.5 Å². The second-order valence-corrected chi connectivity index (χ2v) is 10.4. The van der Waals surface area contributed by atoms with Crippen molar-refractivity contribution in [2.45, 2.75) is 0 Å². The minimum absolute atomic E-state index is 0.158. The molecule has 40 heavy (non-hydrogen) atoms. The highest BCUT2D eigenvalue weighted by molar-refractivity contribution is 9.10. The standard InChI is InChI=1S/C29H22BrClN8O/c30-20-6-9-25-24(16-20)26(10-11-33-25)40-29-36-27(34-22-7-4-19(18-32)5-8-22)35-28(37-29)39-14-12-38(13-15-39)23-3-1-2-21(31)17-23/h1-11,16-17H,12-15H2,(H,34,35,36,37). The molecule has 0 spiro atoms. The Kier molecular flexibility index (Phi) is 7.31. The van der Waals surface area contributed by atoms with Crippen molar-refractivity contribution in [2.24, 2.45) is 0 Å². The van der Waals surface area contributed by atoms with Crippen LogP contribution < -0.4 is 19.9 Å². The quantitative estimate of drug-likeness (QED) is 0.228. The molecule has 0 amide bonds. The van der Waals surface area contributed by atoms with Gasteiger partial charge in [-0.3, -0.25) is 4.98 Å². The van der Waals surface area contributed by atoms with Gasteiger partial charge in [0.25, 0.3) is 0 Å². The van der Waals surface area contributed by atoms with Crippen LogP contribution >= 0.6 is 27.5 Å². The lowest BCUT2D eigenvalue weighted by molar-refractivity contribution is 0.444. The number of pyridine rings is 1. The summed E-state index contributed by atoms with van der Waals surface area (Å²) in [5.41, 5.74) is 3.19. The predicted molar refractivity (Wildman–Crippen MR) is 160 cm³/mol. The number of aromatic nitrogens is 4. The van der Waals surface area contributed by atoms with Crippen LogP contribution in [0, 0.1) is 11.3 Å². The first-order valence-electron chi connectivity index (χ1n) is 12.5. The van der Waals surface area contributed by atoms with Crippen molar-refractivity contribution in [3.05, 3.63) is 94.1 Å². The van der Waals surface area contributed by atoms with Crippen LogP contribution in [0.2, 0.25) is 5.02 Å². The van der Waals surface area contributed by atoms with Crippen molar-refractivity contribution in [3.63, 3.8) is 0 Å². The van der Waals surface area contributed by atoms with E-state index in [4.69, 9.17) is 26.6 Å². The van der Waals surface area contributed by atoms with Crippen molar-refractivity contribution < 1.29 is 4.74 Å². The van der Waals surface area contributed by atoms with Gasteiger partial charge in [-0.1, -0.05) is 33.6 Å². The number of hydrogen-bond donors (Lipinski definition) is 1. The van der Waals surface area contributed by atoms with E-state index in [1.165, 1.54) is 0 Å². The molecular weight excluding hydrogens is 592 g/mol. The second-order valence-electron chi connectivity index (χ2n) is 9.08. The van der Waals surface area contributed by atoms with Gasteiger partial charge >= 0.3 is 6.01 Å². The summed E-state index contributed by atoms with van der Waals surface area (Å²) in [7, 11) is 0. The lowest BCUT2D eigenvalue weighted by Crippen LogP contribution is -2.47. The van der Waals surface area contributed by atoms with Crippen LogP contribution in [0.4, 0.5) is 23.3 Å². The van der Waals surface area contributed by atoms with Gasteiger partial charge in [-0.2, -0.15) is 20.2 Å². The molecule has 11 heteroatoms. The molecule has 0 atom stereocenters. The number of halogens is 2. The summed E-state index contributed by atoms with van der Waals surface area (Å²) in [6.45, 7) is 2.97. The first-order valence-corrected chi connectivity index (χ1v) is 13.7. The molecule has 0 radical (unpaired) electrons. The van der Waals surface area contributed by atoms with Crippen LogP contribution in [0.15, 0.2) is 83.5 Å². The number of benzene rings is 3. The van der Waals surface area contributed by atoms with Gasteiger partial charge in [0.05, 0.1) is 17.1 Å². The maximum absolute atomic E-state index is 9.13. The maximum atomic E-state index is 9.13. The van der Waals surface area contributed by atoms with Gasteiger partial charge in [0.15, 0.2) is 0 Å². The van der Waals surface area contributed by atoms with Gasteiger partial charge in [-0.15, -0.1) is 0 Å². The summed E-state index contributed by atoms with van der Waals surface area (Å²) in [4.78, 5) is 22.8. The highest BCUT2D eigenvalue weighted by Crippen LogP contribution is 2.31. The average Bonchev–Trinajstić information content (AvgIpc) is 2.98. The molecule has 198 valence electrons. The van der Waals surface area contributed by atoms with Crippen LogP contribution in [0.3, 0.4) is 0 Å². The number of ether oxygens (including phenoxy) is 1. The van der Waals surface area contributed by atoms with Crippen LogP contribution in [0.25, 0.3) is 10.9 Å². The largest absolute Gasteiger partial charge is 0.423 e. The molecular formula is C29H22BrClN8O. The second kappa shape index (κ2) is 11.3. The fourth-order valence-electron chi connectivity index (χ4n) is 4.46. The summed E-state index contributed by atoms with van der Waals surface area (Å²) in [6.07, 6.45) is 1.69. The van der Waals surface area contributed by atoms with Crippen molar-refractivity contribution >= 4 is 61.7 Å². The van der Waals surface area contributed by atoms with E-state index in [0.29, 0.717) is 41.3 Å². The summed E-state index contributed by atoms with van der Waals surface area (Å²) in [5.74, 6) is 1.42. The van der Waals surface area contributed by atoms with Crippen LogP contribution in [0.5, 0.6) is 11.8 Å². The molecule has 6 rings (SSSR count). The number of piperazine rings is 1. The zero-order chi connectivity index (χ0) is 27.5. The molecule has 3 aromatic carbocycles. The normalized spacial score (nSPS) is 13.2. The summed E-state index contributed by atoms with van der Waals surface area (Å²) < 4.78 is 7.15. The molecule has 1 aliphatic rings. The highest BCUT2D eigenvalue weighted by Gasteiger charge is 2.22. The summed E-state index contributed by atoms with van der Waals surface area (Å²) in [6, 6.07) is 24.8. The van der Waals surface area contributed by atoms with Gasteiger partial charge in [0.2, 0.25) is 11.9 Å². The number of hydrogen-bond acceptors (Lipinski definition) is 9. The molecule has 5 aromatic rings. The zero-order valence-electron chi connectivity index (χ0n) is 21.1. The summed E-state index contributed by atoms with van der Waals surface area (Å²) >= 11 is 9.74. The molecule has 1 aliphatic heterocycles. The maximum Gasteiger partial charge on any atom is 0.328 e. The highest BCUT2D eigenvalue weighted by atomic mass is 79.9. The predicted octanol–water partition coefficient (Wildman–Crippen LogP) is 6.57. The molecule has 2 aromatic heterocycles.